The van der Waals surface area contributed by atoms with E-state index in [1.165, 1.54) is 12.0 Å². The van der Waals surface area contributed by atoms with Crippen molar-refractivity contribution in [2.24, 2.45) is 5.92 Å². The molecular formula is C29H38N4O3. The number of carbonyl (C=O) groups is 2. The van der Waals surface area contributed by atoms with Gasteiger partial charge in [-0.05, 0) is 93.1 Å². The van der Waals surface area contributed by atoms with Crippen LogP contribution in [0, 0.1) is 5.92 Å². The highest BCUT2D eigenvalue weighted by Crippen LogP contribution is 2.43. The van der Waals surface area contributed by atoms with Gasteiger partial charge in [-0.25, -0.2) is 4.98 Å². The van der Waals surface area contributed by atoms with Gasteiger partial charge in [-0.3, -0.25) is 9.59 Å². The second-order valence-corrected chi connectivity index (χ2v) is 10.6. The molecule has 3 N–H and O–H groups in total. The van der Waals surface area contributed by atoms with E-state index in [-0.39, 0.29) is 18.4 Å². The molecule has 7 heteroatoms. The number of aliphatic carboxylic acids is 1. The highest BCUT2D eigenvalue weighted by molar-refractivity contribution is 5.81. The second-order valence-electron chi connectivity index (χ2n) is 10.6. The molecule has 1 amide bonds. The van der Waals surface area contributed by atoms with Crippen molar-refractivity contribution in [3.8, 4) is 0 Å². The van der Waals surface area contributed by atoms with Crippen molar-refractivity contribution in [2.75, 3.05) is 38.0 Å². The standard InChI is InChI=1S/C29H38N4O3/c34-28(31-18-26(29(35)36)25-10-2-1-9-24(25)20-11-12-20)22-7-4-16-33(19-22)17-5-8-23-14-13-21-6-3-15-30-27(21)32-23/h1-2,9-10,13-14,20,22,26H,3-8,11-12,15-19H2,(H,30,32)(H,31,34)(H,35,36)/t22-,26+/m1/s1. The lowest BCUT2D eigenvalue weighted by Crippen LogP contribution is -2.44. The normalized spacial score (nSPS) is 20.7. The predicted molar refractivity (Wildman–Crippen MR) is 140 cm³/mol. The molecule has 1 aromatic carbocycles. The van der Waals surface area contributed by atoms with Crippen molar-refractivity contribution < 1.29 is 14.7 Å². The molecule has 0 bridgehead atoms. The number of benzene rings is 1. The topological polar surface area (TPSA) is 94.6 Å². The van der Waals surface area contributed by atoms with Crippen LogP contribution in [0.2, 0.25) is 0 Å². The number of fused-ring (bicyclic) bond motifs is 1. The van der Waals surface area contributed by atoms with Crippen LogP contribution in [-0.2, 0) is 22.4 Å². The first-order valence-electron chi connectivity index (χ1n) is 13.6. The first kappa shape index (κ1) is 24.8. The largest absolute Gasteiger partial charge is 0.481 e. The Bertz CT molecular complexity index is 1080. The van der Waals surface area contributed by atoms with Gasteiger partial charge >= 0.3 is 5.97 Å². The minimum absolute atomic E-state index is 0.0164. The molecule has 36 heavy (non-hydrogen) atoms. The van der Waals surface area contributed by atoms with Crippen molar-refractivity contribution in [3.63, 3.8) is 0 Å². The number of pyridine rings is 1. The summed E-state index contributed by atoms with van der Waals surface area (Å²) in [6.07, 6.45) is 8.31. The molecule has 3 heterocycles. The number of aromatic nitrogens is 1. The number of nitrogens with zero attached hydrogens (tertiary/aromatic N) is 2. The molecule has 192 valence electrons. The van der Waals surface area contributed by atoms with Crippen LogP contribution >= 0.6 is 0 Å². The Labute approximate surface area is 213 Å². The summed E-state index contributed by atoms with van der Waals surface area (Å²) in [6.45, 7) is 3.84. The van der Waals surface area contributed by atoms with Crippen molar-refractivity contribution >= 4 is 17.7 Å². The number of piperidine rings is 1. The van der Waals surface area contributed by atoms with Gasteiger partial charge in [0.1, 0.15) is 5.82 Å². The maximum atomic E-state index is 13.0. The zero-order valence-electron chi connectivity index (χ0n) is 21.0. The van der Waals surface area contributed by atoms with E-state index in [0.29, 0.717) is 5.92 Å². The first-order valence-corrected chi connectivity index (χ1v) is 13.6. The van der Waals surface area contributed by atoms with Gasteiger partial charge in [0, 0.05) is 25.3 Å². The lowest BCUT2D eigenvalue weighted by Gasteiger charge is -2.32. The fourth-order valence-corrected chi connectivity index (χ4v) is 5.74. The van der Waals surface area contributed by atoms with E-state index < -0.39 is 11.9 Å². The van der Waals surface area contributed by atoms with Crippen LogP contribution < -0.4 is 10.6 Å². The molecule has 0 radical (unpaired) electrons. The van der Waals surface area contributed by atoms with E-state index in [0.717, 1.165) is 93.8 Å². The van der Waals surface area contributed by atoms with Crippen LogP contribution in [0.15, 0.2) is 36.4 Å². The molecule has 2 atom stereocenters. The summed E-state index contributed by atoms with van der Waals surface area (Å²) in [4.78, 5) is 32.3. The van der Waals surface area contributed by atoms with Gasteiger partial charge in [0.15, 0.2) is 0 Å². The Morgan fingerprint density at radius 2 is 2.00 bits per heavy atom. The van der Waals surface area contributed by atoms with Crippen LogP contribution in [0.1, 0.15) is 72.7 Å². The third-order valence-corrected chi connectivity index (χ3v) is 7.90. The van der Waals surface area contributed by atoms with E-state index in [2.05, 4.69) is 27.7 Å². The quantitative estimate of drug-likeness (QED) is 0.467. The number of nitrogens with one attached hydrogen (secondary N) is 2. The van der Waals surface area contributed by atoms with Crippen molar-refractivity contribution in [1.82, 2.24) is 15.2 Å². The highest BCUT2D eigenvalue weighted by Gasteiger charge is 2.32. The SMILES string of the molecule is O=C(NC[C@H](C(=O)O)c1ccccc1C1CC1)[C@@H]1CCCN(CCCc2ccc3c(n2)NCCC3)C1. The Morgan fingerprint density at radius 1 is 1.14 bits per heavy atom. The minimum Gasteiger partial charge on any atom is -0.481 e. The van der Waals surface area contributed by atoms with Crippen molar-refractivity contribution in [1.29, 1.82) is 0 Å². The molecular weight excluding hydrogens is 452 g/mol. The molecule has 5 rings (SSSR count). The van der Waals surface area contributed by atoms with Gasteiger partial charge in [-0.1, -0.05) is 30.3 Å². The molecule has 1 saturated heterocycles. The molecule has 3 aliphatic rings. The third-order valence-electron chi connectivity index (χ3n) is 7.90. The second kappa shape index (κ2) is 11.4. The number of carbonyl (C=O) groups excluding carboxylic acids is 1. The van der Waals surface area contributed by atoms with E-state index >= 15 is 0 Å². The summed E-state index contributed by atoms with van der Waals surface area (Å²) in [6, 6.07) is 12.2. The minimum atomic E-state index is -0.875. The number of anilines is 1. The maximum absolute atomic E-state index is 13.0. The van der Waals surface area contributed by atoms with Gasteiger partial charge in [0.2, 0.25) is 5.91 Å². The molecule has 2 aliphatic heterocycles. The molecule has 0 unspecified atom stereocenters. The van der Waals surface area contributed by atoms with Gasteiger partial charge < -0.3 is 20.6 Å². The third kappa shape index (κ3) is 6.06. The summed E-state index contributed by atoms with van der Waals surface area (Å²) < 4.78 is 0. The first-order chi connectivity index (χ1) is 17.6. The van der Waals surface area contributed by atoms with Crippen LogP contribution in [0.5, 0.6) is 0 Å². The summed E-state index contributed by atoms with van der Waals surface area (Å²) in [7, 11) is 0. The monoisotopic (exact) mass is 490 g/mol. The lowest BCUT2D eigenvalue weighted by atomic mass is 9.91. The van der Waals surface area contributed by atoms with Crippen molar-refractivity contribution in [3.05, 3.63) is 58.8 Å². The van der Waals surface area contributed by atoms with Gasteiger partial charge in [0.05, 0.1) is 11.8 Å². The van der Waals surface area contributed by atoms with E-state index in [9.17, 15) is 14.7 Å². The Hall–Kier alpha value is -2.93. The number of aryl methyl sites for hydroxylation is 2. The molecule has 2 fully saturated rings. The fraction of sp³-hybridized carbons (Fsp3) is 0.552. The molecule has 7 nitrogen and oxygen atoms in total. The summed E-state index contributed by atoms with van der Waals surface area (Å²) >= 11 is 0. The average Bonchev–Trinajstić information content (AvgIpc) is 3.74. The average molecular weight is 491 g/mol. The fourth-order valence-electron chi connectivity index (χ4n) is 5.74. The van der Waals surface area contributed by atoms with Crippen LogP contribution in [-0.4, -0.2) is 59.6 Å². The Morgan fingerprint density at radius 3 is 2.83 bits per heavy atom. The summed E-state index contributed by atoms with van der Waals surface area (Å²) in [5.41, 5.74) is 4.42. The number of amides is 1. The van der Waals surface area contributed by atoms with E-state index in [4.69, 9.17) is 4.98 Å². The molecule has 1 aromatic heterocycles. The number of rotatable bonds is 10. The number of hydrogen-bond donors (Lipinski definition) is 3. The number of hydrogen-bond acceptors (Lipinski definition) is 5. The molecule has 1 aliphatic carbocycles. The maximum Gasteiger partial charge on any atom is 0.312 e. The Balaban J connectivity index is 1.11. The zero-order chi connectivity index (χ0) is 24.9. The number of carboxylic acid groups (broad SMARTS) is 1. The van der Waals surface area contributed by atoms with Crippen LogP contribution in [0.25, 0.3) is 0 Å². The number of likely N-dealkylation sites (tertiary alicyclic amines) is 1. The summed E-state index contributed by atoms with van der Waals surface area (Å²) in [5.74, 6) is -0.162. The van der Waals surface area contributed by atoms with Gasteiger partial charge in [0.25, 0.3) is 0 Å². The molecule has 0 spiro atoms. The highest BCUT2D eigenvalue weighted by atomic mass is 16.4. The molecule has 2 aromatic rings. The lowest BCUT2D eigenvalue weighted by molar-refractivity contribution is -0.138. The van der Waals surface area contributed by atoms with Gasteiger partial charge in [-0.15, -0.1) is 0 Å². The van der Waals surface area contributed by atoms with E-state index in [1.54, 1.807) is 0 Å². The predicted octanol–water partition coefficient (Wildman–Crippen LogP) is 3.95. The van der Waals surface area contributed by atoms with Gasteiger partial charge in [-0.2, -0.15) is 0 Å². The zero-order valence-corrected chi connectivity index (χ0v) is 21.0. The number of carboxylic acids is 1. The Kier molecular flexibility index (Phi) is 7.85. The van der Waals surface area contributed by atoms with E-state index in [1.807, 2.05) is 24.3 Å². The van der Waals surface area contributed by atoms with Crippen LogP contribution in [0.3, 0.4) is 0 Å². The smallest absolute Gasteiger partial charge is 0.312 e. The molecule has 1 saturated carbocycles. The van der Waals surface area contributed by atoms with Crippen molar-refractivity contribution in [2.45, 2.75) is 63.2 Å². The van der Waals surface area contributed by atoms with Crippen LogP contribution in [0.4, 0.5) is 5.82 Å². The summed E-state index contributed by atoms with van der Waals surface area (Å²) in [5, 5.41) is 16.3.